The highest BCUT2D eigenvalue weighted by atomic mass is 32.2. The third-order valence-electron chi connectivity index (χ3n) is 0.984. The van der Waals surface area contributed by atoms with E-state index >= 15 is 0 Å². The quantitative estimate of drug-likeness (QED) is 0.428. The Morgan fingerprint density at radius 1 is 1.50 bits per heavy atom. The fourth-order valence-electron chi connectivity index (χ4n) is 0.567. The van der Waals surface area contributed by atoms with Gasteiger partial charge in [0.1, 0.15) is 11.5 Å². The Kier molecular flexibility index (Phi) is 2.36. The molecule has 0 amide bonds. The van der Waals surface area contributed by atoms with E-state index in [-0.39, 0.29) is 0 Å². The van der Waals surface area contributed by atoms with Gasteiger partial charge < -0.3 is 4.55 Å². The molecule has 3 heteroatoms. The Labute approximate surface area is 52.2 Å². The van der Waals surface area contributed by atoms with Crippen LogP contribution in [0.5, 0.6) is 0 Å². The standard InChI is InChI=1S/C5H8NOS/c7-8-4-1-2-6-3-5-8/h1,3-5H2. The lowest BCUT2D eigenvalue weighted by Crippen LogP contribution is -2.10. The van der Waals surface area contributed by atoms with Crippen molar-refractivity contribution in [3.63, 3.8) is 0 Å². The predicted octanol–water partition coefficient (Wildman–Crippen LogP) is 0.0866. The van der Waals surface area contributed by atoms with Gasteiger partial charge in [-0.1, -0.05) is 11.2 Å². The summed E-state index contributed by atoms with van der Waals surface area (Å²) < 4.78 is 10.7. The first-order valence-corrected chi connectivity index (χ1v) is 4.13. The molecule has 0 saturated carbocycles. The van der Waals surface area contributed by atoms with Gasteiger partial charge in [0, 0.05) is 6.42 Å². The molecule has 2 nitrogen and oxygen atoms in total. The molecule has 0 fully saturated rings. The lowest BCUT2D eigenvalue weighted by atomic mass is 10.5. The number of hydrogen-bond donors (Lipinski definition) is 0. The second-order valence-corrected chi connectivity index (χ2v) is 3.33. The van der Waals surface area contributed by atoms with E-state index in [2.05, 4.69) is 11.2 Å². The molecule has 0 spiro atoms. The predicted molar refractivity (Wildman–Crippen MR) is 34.8 cm³/mol. The summed E-state index contributed by atoms with van der Waals surface area (Å²) in [6.07, 6.45) is 3.58. The first-order chi connectivity index (χ1) is 3.89. The molecule has 1 radical (unpaired) electrons. The molecule has 0 aromatic rings. The van der Waals surface area contributed by atoms with Crippen LogP contribution in [0.1, 0.15) is 6.42 Å². The molecule has 1 aliphatic rings. The minimum absolute atomic E-state index is 0.614. The van der Waals surface area contributed by atoms with Gasteiger partial charge in [0.25, 0.3) is 0 Å². The Morgan fingerprint density at radius 2 is 2.38 bits per heavy atom. The van der Waals surface area contributed by atoms with Gasteiger partial charge in [0.05, 0.1) is 12.8 Å². The van der Waals surface area contributed by atoms with Gasteiger partial charge >= 0.3 is 0 Å². The molecule has 0 saturated heterocycles. The summed E-state index contributed by atoms with van der Waals surface area (Å²) in [4.78, 5) is 3.88. The smallest absolute Gasteiger partial charge is 0.125 e. The lowest BCUT2D eigenvalue weighted by Gasteiger charge is -2.03. The van der Waals surface area contributed by atoms with Crippen molar-refractivity contribution in [3.8, 4) is 0 Å². The van der Waals surface area contributed by atoms with Gasteiger partial charge in [0.15, 0.2) is 0 Å². The third-order valence-corrected chi connectivity index (χ3v) is 2.28. The highest BCUT2D eigenvalue weighted by Gasteiger charge is 2.05. The third kappa shape index (κ3) is 1.84. The zero-order valence-electron chi connectivity index (χ0n) is 4.59. The molecule has 1 unspecified atom stereocenters. The van der Waals surface area contributed by atoms with E-state index in [1.54, 1.807) is 0 Å². The van der Waals surface area contributed by atoms with Crippen LogP contribution in [0.3, 0.4) is 0 Å². The van der Waals surface area contributed by atoms with E-state index in [1.807, 2.05) is 0 Å². The van der Waals surface area contributed by atoms with Gasteiger partial charge in [0.2, 0.25) is 0 Å². The number of hydrogen-bond acceptors (Lipinski definition) is 2. The minimum Gasteiger partial charge on any atom is -0.616 e. The normalized spacial score (nSPS) is 29.9. The zero-order valence-corrected chi connectivity index (χ0v) is 5.41. The SMILES string of the molecule is [O-][S+]1CC[C]=NCC1. The molecule has 0 aromatic carbocycles. The van der Waals surface area contributed by atoms with Crippen molar-refractivity contribution < 1.29 is 4.55 Å². The Morgan fingerprint density at radius 3 is 3.25 bits per heavy atom. The molecular weight excluding hydrogens is 122 g/mol. The highest BCUT2D eigenvalue weighted by Crippen LogP contribution is 1.96. The van der Waals surface area contributed by atoms with E-state index in [9.17, 15) is 4.55 Å². The fraction of sp³-hybridized carbons (Fsp3) is 0.800. The molecular formula is C5H8NOS. The summed E-state index contributed by atoms with van der Waals surface area (Å²) in [5.41, 5.74) is 0. The summed E-state index contributed by atoms with van der Waals surface area (Å²) in [5, 5.41) is 0. The van der Waals surface area contributed by atoms with E-state index in [0.29, 0.717) is 6.54 Å². The second kappa shape index (κ2) is 3.10. The largest absolute Gasteiger partial charge is 0.616 e. The fourth-order valence-corrected chi connectivity index (χ4v) is 1.39. The monoisotopic (exact) mass is 130 g/mol. The minimum atomic E-state index is -0.614. The van der Waals surface area contributed by atoms with Crippen molar-refractivity contribution in [2.45, 2.75) is 6.42 Å². The van der Waals surface area contributed by atoms with Crippen LogP contribution in [0.25, 0.3) is 0 Å². The van der Waals surface area contributed by atoms with E-state index in [1.165, 1.54) is 0 Å². The van der Waals surface area contributed by atoms with Crippen molar-refractivity contribution in [3.05, 3.63) is 0 Å². The van der Waals surface area contributed by atoms with Crippen LogP contribution in [0.2, 0.25) is 0 Å². The zero-order chi connectivity index (χ0) is 5.82. The van der Waals surface area contributed by atoms with Crippen molar-refractivity contribution in [2.75, 3.05) is 18.1 Å². The van der Waals surface area contributed by atoms with Crippen LogP contribution in [0.4, 0.5) is 0 Å². The first kappa shape index (κ1) is 6.11. The van der Waals surface area contributed by atoms with Crippen LogP contribution in [0, 0.1) is 0 Å². The van der Waals surface area contributed by atoms with Crippen molar-refractivity contribution in [2.24, 2.45) is 4.99 Å². The summed E-state index contributed by atoms with van der Waals surface area (Å²) >= 11 is -0.614. The number of nitrogens with zero attached hydrogens (tertiary/aromatic N) is 1. The molecule has 0 bridgehead atoms. The average Bonchev–Trinajstić information content (AvgIpc) is 1.94. The second-order valence-electron chi connectivity index (χ2n) is 1.64. The van der Waals surface area contributed by atoms with E-state index in [0.717, 1.165) is 17.9 Å². The van der Waals surface area contributed by atoms with Crippen molar-refractivity contribution in [1.82, 2.24) is 0 Å². The Balaban J connectivity index is 2.28. The molecule has 0 aliphatic carbocycles. The molecule has 45 valence electrons. The molecule has 1 aliphatic heterocycles. The topological polar surface area (TPSA) is 35.4 Å². The van der Waals surface area contributed by atoms with Gasteiger partial charge in [-0.05, 0) is 0 Å². The van der Waals surface area contributed by atoms with Gasteiger partial charge in [-0.3, -0.25) is 4.99 Å². The Bertz CT molecular complexity index is 84.4. The molecule has 8 heavy (non-hydrogen) atoms. The van der Waals surface area contributed by atoms with Crippen LogP contribution in [0.15, 0.2) is 4.99 Å². The van der Waals surface area contributed by atoms with Crippen LogP contribution in [-0.4, -0.2) is 28.8 Å². The molecule has 1 heterocycles. The Hall–Kier alpha value is -0.0200. The van der Waals surface area contributed by atoms with E-state index in [4.69, 9.17) is 0 Å². The number of rotatable bonds is 0. The maximum atomic E-state index is 10.7. The average molecular weight is 130 g/mol. The van der Waals surface area contributed by atoms with Crippen LogP contribution in [-0.2, 0) is 11.2 Å². The van der Waals surface area contributed by atoms with E-state index < -0.39 is 11.2 Å². The maximum Gasteiger partial charge on any atom is 0.125 e. The summed E-state index contributed by atoms with van der Waals surface area (Å²) in [5.74, 6) is 1.48. The van der Waals surface area contributed by atoms with Crippen molar-refractivity contribution >= 4 is 17.4 Å². The summed E-state index contributed by atoms with van der Waals surface area (Å²) in [7, 11) is 0. The molecule has 1 rings (SSSR count). The van der Waals surface area contributed by atoms with Crippen molar-refractivity contribution in [1.29, 1.82) is 0 Å². The van der Waals surface area contributed by atoms with Gasteiger partial charge in [-0.25, -0.2) is 0 Å². The van der Waals surface area contributed by atoms with Crippen LogP contribution >= 0.6 is 0 Å². The van der Waals surface area contributed by atoms with Gasteiger partial charge in [-0.15, -0.1) is 0 Å². The molecule has 0 N–H and O–H groups in total. The molecule has 0 aromatic heterocycles. The van der Waals surface area contributed by atoms with Crippen LogP contribution < -0.4 is 0 Å². The molecule has 1 atom stereocenters. The lowest BCUT2D eigenvalue weighted by molar-refractivity contribution is 0.596. The first-order valence-electron chi connectivity index (χ1n) is 2.64. The number of aliphatic imine (C=N–C) groups is 1. The van der Waals surface area contributed by atoms with Gasteiger partial charge in [-0.2, -0.15) is 0 Å². The maximum absolute atomic E-state index is 10.7. The summed E-state index contributed by atoms with van der Waals surface area (Å²) in [6.45, 7) is 0.701. The summed E-state index contributed by atoms with van der Waals surface area (Å²) in [6, 6.07) is 0. The highest BCUT2D eigenvalue weighted by molar-refractivity contribution is 7.91.